The molecule has 86 valence electrons. The van der Waals surface area contributed by atoms with Crippen molar-refractivity contribution in [2.45, 2.75) is 45.4 Å². The van der Waals surface area contributed by atoms with Gasteiger partial charge >= 0.3 is 0 Å². The first-order chi connectivity index (χ1) is 7.24. The summed E-state index contributed by atoms with van der Waals surface area (Å²) in [5.74, 6) is 0.692. The second kappa shape index (κ2) is 5.88. The average molecular weight is 212 g/mol. The van der Waals surface area contributed by atoms with Crippen LogP contribution in [-0.4, -0.2) is 27.9 Å². The predicted molar refractivity (Wildman–Crippen MR) is 58.6 cm³/mol. The Bertz CT molecular complexity index is 286. The molecule has 15 heavy (non-hydrogen) atoms. The Labute approximate surface area is 90.9 Å². The van der Waals surface area contributed by atoms with Crippen LogP contribution in [0.1, 0.15) is 38.6 Å². The van der Waals surface area contributed by atoms with Gasteiger partial charge in [-0.3, -0.25) is 0 Å². The number of hydrogen-bond acceptors (Lipinski definition) is 3. The lowest BCUT2D eigenvalue weighted by atomic mass is 10.1. The van der Waals surface area contributed by atoms with E-state index in [0.29, 0.717) is 5.82 Å². The summed E-state index contributed by atoms with van der Waals surface area (Å²) in [6.07, 6.45) is 4.61. The van der Waals surface area contributed by atoms with E-state index in [0.717, 1.165) is 19.4 Å². The van der Waals surface area contributed by atoms with Crippen LogP contribution in [0.25, 0.3) is 0 Å². The Morgan fingerprint density at radius 1 is 1.53 bits per heavy atom. The topological polar surface area (TPSA) is 47.3 Å². The zero-order valence-corrected chi connectivity index (χ0v) is 9.68. The van der Waals surface area contributed by atoms with E-state index in [4.69, 9.17) is 4.74 Å². The van der Waals surface area contributed by atoms with Gasteiger partial charge in [-0.2, -0.15) is 0 Å². The molecule has 4 heteroatoms. The van der Waals surface area contributed by atoms with E-state index in [1.54, 1.807) is 13.3 Å². The van der Waals surface area contributed by atoms with Gasteiger partial charge in [-0.1, -0.05) is 13.3 Å². The maximum absolute atomic E-state index is 10.1. The number of aliphatic hydroxyl groups is 1. The summed E-state index contributed by atoms with van der Waals surface area (Å²) < 4.78 is 7.21. The van der Waals surface area contributed by atoms with Crippen LogP contribution in [0.3, 0.4) is 0 Å². The number of hydrogen-bond donors (Lipinski definition) is 1. The fourth-order valence-corrected chi connectivity index (χ4v) is 1.71. The van der Waals surface area contributed by atoms with Gasteiger partial charge in [-0.25, -0.2) is 4.98 Å². The SMILES string of the molecule is CCCC(OC)C(O)c1nccn1CC. The van der Waals surface area contributed by atoms with Gasteiger partial charge in [-0.15, -0.1) is 0 Å². The Kier molecular flexibility index (Phi) is 4.78. The van der Waals surface area contributed by atoms with Gasteiger partial charge in [0.25, 0.3) is 0 Å². The van der Waals surface area contributed by atoms with Crippen molar-refractivity contribution in [2.24, 2.45) is 0 Å². The lowest BCUT2D eigenvalue weighted by Gasteiger charge is -2.21. The van der Waals surface area contributed by atoms with Crippen molar-refractivity contribution in [3.8, 4) is 0 Å². The molecule has 1 aromatic rings. The minimum atomic E-state index is -0.634. The van der Waals surface area contributed by atoms with Gasteiger partial charge in [0, 0.05) is 26.0 Å². The molecule has 1 N–H and O–H groups in total. The standard InChI is InChI=1S/C11H20N2O2/c1-4-6-9(15-3)10(14)11-12-7-8-13(11)5-2/h7-10,14H,4-6H2,1-3H3. The third-order valence-corrected chi connectivity index (χ3v) is 2.58. The van der Waals surface area contributed by atoms with Crippen molar-refractivity contribution in [2.75, 3.05) is 7.11 Å². The molecule has 0 radical (unpaired) electrons. The van der Waals surface area contributed by atoms with Gasteiger partial charge in [0.1, 0.15) is 11.9 Å². The van der Waals surface area contributed by atoms with Crippen molar-refractivity contribution in [1.82, 2.24) is 9.55 Å². The van der Waals surface area contributed by atoms with Crippen molar-refractivity contribution in [1.29, 1.82) is 0 Å². The van der Waals surface area contributed by atoms with Crippen LogP contribution in [0.2, 0.25) is 0 Å². The Balaban J connectivity index is 2.77. The molecule has 0 aliphatic heterocycles. The van der Waals surface area contributed by atoms with E-state index in [1.807, 2.05) is 17.7 Å². The summed E-state index contributed by atoms with van der Waals surface area (Å²) in [4.78, 5) is 4.17. The number of methoxy groups -OCH3 is 1. The van der Waals surface area contributed by atoms with Crippen LogP contribution in [-0.2, 0) is 11.3 Å². The van der Waals surface area contributed by atoms with E-state index in [-0.39, 0.29) is 6.10 Å². The summed E-state index contributed by atoms with van der Waals surface area (Å²) >= 11 is 0. The first-order valence-electron chi connectivity index (χ1n) is 5.46. The Morgan fingerprint density at radius 2 is 2.27 bits per heavy atom. The normalized spacial score (nSPS) is 15.2. The molecular formula is C11H20N2O2. The second-order valence-electron chi connectivity index (χ2n) is 3.58. The molecule has 0 saturated carbocycles. The molecule has 1 aromatic heterocycles. The summed E-state index contributed by atoms with van der Waals surface area (Å²) in [6, 6.07) is 0. The number of imidazole rings is 1. The molecule has 2 unspecified atom stereocenters. The number of rotatable bonds is 6. The lowest BCUT2D eigenvalue weighted by Crippen LogP contribution is -2.23. The minimum absolute atomic E-state index is 0.164. The highest BCUT2D eigenvalue weighted by atomic mass is 16.5. The van der Waals surface area contributed by atoms with Crippen molar-refractivity contribution >= 4 is 0 Å². The van der Waals surface area contributed by atoms with E-state index < -0.39 is 6.10 Å². The van der Waals surface area contributed by atoms with Crippen LogP contribution in [0.4, 0.5) is 0 Å². The fourth-order valence-electron chi connectivity index (χ4n) is 1.71. The number of ether oxygens (including phenoxy) is 1. The van der Waals surface area contributed by atoms with Gasteiger partial charge < -0.3 is 14.4 Å². The number of aromatic nitrogens is 2. The highest BCUT2D eigenvalue weighted by Crippen LogP contribution is 2.20. The molecule has 0 saturated heterocycles. The van der Waals surface area contributed by atoms with Crippen LogP contribution in [0.5, 0.6) is 0 Å². The summed E-state index contributed by atoms with van der Waals surface area (Å²) in [7, 11) is 1.63. The first kappa shape index (κ1) is 12.2. The van der Waals surface area contributed by atoms with Crippen molar-refractivity contribution in [3.63, 3.8) is 0 Å². The number of aliphatic hydroxyl groups excluding tert-OH is 1. The molecule has 0 aliphatic carbocycles. The molecule has 0 aliphatic rings. The van der Waals surface area contributed by atoms with Gasteiger partial charge in [-0.05, 0) is 13.3 Å². The molecular weight excluding hydrogens is 192 g/mol. The molecule has 0 spiro atoms. The highest BCUT2D eigenvalue weighted by Gasteiger charge is 2.23. The van der Waals surface area contributed by atoms with Crippen molar-refractivity contribution < 1.29 is 9.84 Å². The van der Waals surface area contributed by atoms with Crippen LogP contribution in [0.15, 0.2) is 12.4 Å². The molecule has 0 aromatic carbocycles. The highest BCUT2D eigenvalue weighted by molar-refractivity contribution is 4.98. The number of aryl methyl sites for hydroxylation is 1. The lowest BCUT2D eigenvalue weighted by molar-refractivity contribution is -0.0236. The summed E-state index contributed by atoms with van der Waals surface area (Å²) in [5.41, 5.74) is 0. The molecule has 4 nitrogen and oxygen atoms in total. The molecule has 0 fully saturated rings. The monoisotopic (exact) mass is 212 g/mol. The zero-order valence-electron chi connectivity index (χ0n) is 9.68. The van der Waals surface area contributed by atoms with Gasteiger partial charge in [0.2, 0.25) is 0 Å². The first-order valence-corrected chi connectivity index (χ1v) is 5.46. The smallest absolute Gasteiger partial charge is 0.140 e. The van der Waals surface area contributed by atoms with E-state index >= 15 is 0 Å². The second-order valence-corrected chi connectivity index (χ2v) is 3.58. The minimum Gasteiger partial charge on any atom is -0.382 e. The number of nitrogens with zero attached hydrogens (tertiary/aromatic N) is 2. The molecule has 1 rings (SSSR count). The van der Waals surface area contributed by atoms with Gasteiger partial charge in [0.15, 0.2) is 0 Å². The molecule has 2 atom stereocenters. The van der Waals surface area contributed by atoms with Crippen molar-refractivity contribution in [3.05, 3.63) is 18.2 Å². The summed E-state index contributed by atoms with van der Waals surface area (Å²) in [6.45, 7) is 4.92. The third-order valence-electron chi connectivity index (χ3n) is 2.58. The van der Waals surface area contributed by atoms with Gasteiger partial charge in [0.05, 0.1) is 6.10 Å². The van der Waals surface area contributed by atoms with E-state index in [2.05, 4.69) is 11.9 Å². The molecule has 0 amide bonds. The largest absolute Gasteiger partial charge is 0.382 e. The maximum atomic E-state index is 10.1. The van der Waals surface area contributed by atoms with E-state index in [1.165, 1.54) is 0 Å². The molecule has 0 bridgehead atoms. The average Bonchev–Trinajstić information content (AvgIpc) is 2.72. The van der Waals surface area contributed by atoms with Crippen LogP contribution >= 0.6 is 0 Å². The maximum Gasteiger partial charge on any atom is 0.140 e. The quantitative estimate of drug-likeness (QED) is 0.781. The van der Waals surface area contributed by atoms with Crippen LogP contribution in [0, 0.1) is 0 Å². The van der Waals surface area contributed by atoms with E-state index in [9.17, 15) is 5.11 Å². The molecule has 1 heterocycles. The predicted octanol–water partition coefficient (Wildman–Crippen LogP) is 1.75. The zero-order chi connectivity index (χ0) is 11.3. The third kappa shape index (κ3) is 2.79. The Hall–Kier alpha value is -0.870. The fraction of sp³-hybridized carbons (Fsp3) is 0.727. The Morgan fingerprint density at radius 3 is 2.80 bits per heavy atom. The summed E-state index contributed by atoms with van der Waals surface area (Å²) in [5, 5.41) is 10.1. The van der Waals surface area contributed by atoms with Crippen LogP contribution < -0.4 is 0 Å².